The van der Waals surface area contributed by atoms with Crippen LogP contribution in [-0.2, 0) is 19.0 Å². The number of nitrogens with two attached hydrogens (primary N) is 1. The molecule has 0 heterocycles. The Balaban J connectivity index is 3.81. The Morgan fingerprint density at radius 2 is 1.78 bits per heavy atom. The Kier molecular flexibility index (Phi) is 8.91. The monoisotopic (exact) mass is 262 g/mol. The second-order valence-electron chi connectivity index (χ2n) is 4.65. The summed E-state index contributed by atoms with van der Waals surface area (Å²) >= 11 is 0. The van der Waals surface area contributed by atoms with E-state index in [1.165, 1.54) is 0 Å². The van der Waals surface area contributed by atoms with Gasteiger partial charge in [0.25, 0.3) is 0 Å². The molecular formula is C12H26N2O4. The molecule has 0 aliphatic carbocycles. The van der Waals surface area contributed by atoms with Crippen LogP contribution < -0.4 is 11.1 Å². The van der Waals surface area contributed by atoms with Gasteiger partial charge in [-0.15, -0.1) is 0 Å². The second kappa shape index (κ2) is 9.27. The number of primary amides is 1. The number of hydrogen-bond donors (Lipinski definition) is 2. The summed E-state index contributed by atoms with van der Waals surface area (Å²) < 4.78 is 15.5. The first-order valence-electron chi connectivity index (χ1n) is 6.14. The van der Waals surface area contributed by atoms with E-state index >= 15 is 0 Å². The third-order valence-electron chi connectivity index (χ3n) is 2.35. The van der Waals surface area contributed by atoms with Crippen LogP contribution in [0.25, 0.3) is 0 Å². The van der Waals surface area contributed by atoms with Crippen molar-refractivity contribution in [3.63, 3.8) is 0 Å². The van der Waals surface area contributed by atoms with Crippen LogP contribution in [0.15, 0.2) is 0 Å². The third kappa shape index (κ3) is 7.60. The molecule has 0 fully saturated rings. The number of nitrogens with one attached hydrogen (secondary N) is 1. The zero-order valence-electron chi connectivity index (χ0n) is 11.8. The fourth-order valence-electron chi connectivity index (χ4n) is 1.46. The number of amides is 1. The van der Waals surface area contributed by atoms with Gasteiger partial charge in [0.15, 0.2) is 0 Å². The lowest BCUT2D eigenvalue weighted by atomic mass is 10.0. The van der Waals surface area contributed by atoms with Crippen molar-refractivity contribution in [2.24, 2.45) is 5.73 Å². The van der Waals surface area contributed by atoms with Gasteiger partial charge < -0.3 is 19.9 Å². The molecule has 0 aromatic heterocycles. The van der Waals surface area contributed by atoms with Gasteiger partial charge in [-0.05, 0) is 20.8 Å². The topological polar surface area (TPSA) is 82.8 Å². The van der Waals surface area contributed by atoms with Gasteiger partial charge in [0.1, 0.15) is 5.54 Å². The lowest BCUT2D eigenvalue weighted by Crippen LogP contribution is -2.58. The summed E-state index contributed by atoms with van der Waals surface area (Å²) in [5.74, 6) is -0.420. The summed E-state index contributed by atoms with van der Waals surface area (Å²) in [7, 11) is 1.62. The van der Waals surface area contributed by atoms with E-state index in [1.54, 1.807) is 14.0 Å². The maximum absolute atomic E-state index is 11.4. The summed E-state index contributed by atoms with van der Waals surface area (Å²) in [6, 6.07) is 0.157. The van der Waals surface area contributed by atoms with Crippen LogP contribution in [0, 0.1) is 0 Å². The molecule has 6 heteroatoms. The quantitative estimate of drug-likeness (QED) is 0.508. The zero-order chi connectivity index (χ0) is 14.0. The van der Waals surface area contributed by atoms with E-state index in [4.69, 9.17) is 19.9 Å². The van der Waals surface area contributed by atoms with Crippen molar-refractivity contribution in [3.05, 3.63) is 0 Å². The molecular weight excluding hydrogens is 236 g/mol. The van der Waals surface area contributed by atoms with Gasteiger partial charge in [-0.1, -0.05) is 0 Å². The summed E-state index contributed by atoms with van der Waals surface area (Å²) in [5, 5.41) is 3.11. The molecule has 0 saturated heterocycles. The number of methoxy groups -OCH3 is 1. The minimum absolute atomic E-state index is 0.157. The molecule has 3 N–H and O–H groups in total. The number of carbonyl (C=O) groups is 1. The standard InChI is InChI=1S/C12H26N2O4/c1-10(2)14-12(3,11(13)15)9-18-8-7-17-6-5-16-4/h10,14H,5-9H2,1-4H3,(H2,13,15). The zero-order valence-corrected chi connectivity index (χ0v) is 11.8. The molecule has 0 rings (SSSR count). The van der Waals surface area contributed by atoms with Crippen molar-refractivity contribution in [2.75, 3.05) is 40.1 Å². The van der Waals surface area contributed by atoms with Gasteiger partial charge in [0.05, 0.1) is 33.0 Å². The van der Waals surface area contributed by atoms with Crippen molar-refractivity contribution >= 4 is 5.91 Å². The van der Waals surface area contributed by atoms with Gasteiger partial charge in [-0.2, -0.15) is 0 Å². The van der Waals surface area contributed by atoms with Crippen molar-refractivity contribution in [1.29, 1.82) is 0 Å². The van der Waals surface area contributed by atoms with Crippen molar-refractivity contribution < 1.29 is 19.0 Å². The first-order chi connectivity index (χ1) is 8.42. The van der Waals surface area contributed by atoms with Gasteiger partial charge in [0.2, 0.25) is 5.91 Å². The molecule has 1 amide bonds. The molecule has 0 radical (unpaired) electrons. The minimum atomic E-state index is -0.847. The first kappa shape index (κ1) is 17.3. The smallest absolute Gasteiger partial charge is 0.239 e. The van der Waals surface area contributed by atoms with Crippen LogP contribution in [0.3, 0.4) is 0 Å². The number of carbonyl (C=O) groups excluding carboxylic acids is 1. The van der Waals surface area contributed by atoms with E-state index in [9.17, 15) is 4.79 Å². The number of hydrogen-bond acceptors (Lipinski definition) is 5. The summed E-state index contributed by atoms with van der Waals surface area (Å²) in [5.41, 5.74) is 4.52. The SMILES string of the molecule is COCCOCCOCC(C)(NC(C)C)C(N)=O. The molecule has 18 heavy (non-hydrogen) atoms. The second-order valence-corrected chi connectivity index (χ2v) is 4.65. The molecule has 0 aromatic carbocycles. The van der Waals surface area contributed by atoms with E-state index < -0.39 is 11.4 Å². The molecule has 1 atom stereocenters. The molecule has 0 aliphatic rings. The highest BCUT2D eigenvalue weighted by Crippen LogP contribution is 2.05. The van der Waals surface area contributed by atoms with Crippen LogP contribution in [0.4, 0.5) is 0 Å². The maximum Gasteiger partial charge on any atom is 0.239 e. The summed E-state index contributed by atoms with van der Waals surface area (Å²) in [6.07, 6.45) is 0. The van der Waals surface area contributed by atoms with Crippen LogP contribution in [0.2, 0.25) is 0 Å². The van der Waals surface area contributed by atoms with E-state index in [0.29, 0.717) is 26.4 Å². The molecule has 0 aliphatic heterocycles. The van der Waals surface area contributed by atoms with Crippen LogP contribution >= 0.6 is 0 Å². The van der Waals surface area contributed by atoms with Gasteiger partial charge >= 0.3 is 0 Å². The fraction of sp³-hybridized carbons (Fsp3) is 0.917. The van der Waals surface area contributed by atoms with Crippen molar-refractivity contribution in [3.8, 4) is 0 Å². The number of ether oxygens (including phenoxy) is 3. The molecule has 0 aromatic rings. The maximum atomic E-state index is 11.4. The molecule has 6 nitrogen and oxygen atoms in total. The number of rotatable bonds is 11. The molecule has 0 saturated carbocycles. The van der Waals surface area contributed by atoms with E-state index in [-0.39, 0.29) is 12.6 Å². The van der Waals surface area contributed by atoms with Crippen LogP contribution in [-0.4, -0.2) is 57.6 Å². The predicted molar refractivity (Wildman–Crippen MR) is 69.4 cm³/mol. The Bertz CT molecular complexity index is 236. The van der Waals surface area contributed by atoms with Crippen molar-refractivity contribution in [1.82, 2.24) is 5.32 Å². The Hall–Kier alpha value is -0.690. The highest BCUT2D eigenvalue weighted by atomic mass is 16.5. The first-order valence-corrected chi connectivity index (χ1v) is 6.14. The highest BCUT2D eigenvalue weighted by molar-refractivity contribution is 5.84. The van der Waals surface area contributed by atoms with Crippen molar-refractivity contribution in [2.45, 2.75) is 32.4 Å². The highest BCUT2D eigenvalue weighted by Gasteiger charge is 2.31. The average molecular weight is 262 g/mol. The Morgan fingerprint density at radius 3 is 2.28 bits per heavy atom. The van der Waals surface area contributed by atoms with Gasteiger partial charge in [-0.25, -0.2) is 0 Å². The molecule has 108 valence electrons. The van der Waals surface area contributed by atoms with Gasteiger partial charge in [0, 0.05) is 13.2 Å². The van der Waals surface area contributed by atoms with E-state index in [2.05, 4.69) is 5.32 Å². The summed E-state index contributed by atoms with van der Waals surface area (Å²) in [6.45, 7) is 7.87. The van der Waals surface area contributed by atoms with E-state index in [0.717, 1.165) is 0 Å². The van der Waals surface area contributed by atoms with Crippen LogP contribution in [0.1, 0.15) is 20.8 Å². The molecule has 1 unspecified atom stereocenters. The van der Waals surface area contributed by atoms with E-state index in [1.807, 2.05) is 13.8 Å². The Morgan fingerprint density at radius 1 is 1.22 bits per heavy atom. The molecule has 0 spiro atoms. The normalized spacial score (nSPS) is 14.7. The van der Waals surface area contributed by atoms with Crippen LogP contribution in [0.5, 0.6) is 0 Å². The lowest BCUT2D eigenvalue weighted by molar-refractivity contribution is -0.127. The lowest BCUT2D eigenvalue weighted by Gasteiger charge is -2.29. The minimum Gasteiger partial charge on any atom is -0.382 e. The third-order valence-corrected chi connectivity index (χ3v) is 2.35. The Labute approximate surface area is 109 Å². The molecule has 0 bridgehead atoms. The summed E-state index contributed by atoms with van der Waals surface area (Å²) in [4.78, 5) is 11.4. The van der Waals surface area contributed by atoms with Gasteiger partial charge in [-0.3, -0.25) is 10.1 Å². The fourth-order valence-corrected chi connectivity index (χ4v) is 1.46. The largest absolute Gasteiger partial charge is 0.382 e. The predicted octanol–water partition coefficient (Wildman–Crippen LogP) is -0.0920. The average Bonchev–Trinajstić information content (AvgIpc) is 2.26.